The molecule has 0 unspecified atom stereocenters. The predicted molar refractivity (Wildman–Crippen MR) is 27.4 cm³/mol. The molecule has 0 aromatic heterocycles. The Bertz CT molecular complexity index is 81.5. The summed E-state index contributed by atoms with van der Waals surface area (Å²) in [5.41, 5.74) is 0. The molecular weight excluding hydrogens is 501 g/mol. The van der Waals surface area contributed by atoms with Crippen molar-refractivity contribution in [2.75, 3.05) is 0 Å². The van der Waals surface area contributed by atoms with Gasteiger partial charge in [0, 0.05) is 0 Å². The van der Waals surface area contributed by atoms with Crippen molar-refractivity contribution in [1.29, 1.82) is 0 Å². The molecule has 0 amide bonds. The zero-order chi connectivity index (χ0) is 14.3. The summed E-state index contributed by atoms with van der Waals surface area (Å²) in [4.78, 5) is 0. The second kappa shape index (κ2) is 42.8. The molecule has 0 aliphatic rings. The van der Waals surface area contributed by atoms with Gasteiger partial charge in [0.1, 0.15) is 29.6 Å². The third-order valence-electron chi connectivity index (χ3n) is 0. The Morgan fingerprint density at radius 1 is 0.350 bits per heavy atom. The molecule has 0 saturated heterocycles. The monoisotopic (exact) mass is 500 g/mol. The molecule has 0 atom stereocenters. The number of halogens is 4. The summed E-state index contributed by atoms with van der Waals surface area (Å²) in [6.07, 6.45) is 0. The zero-order valence-electron chi connectivity index (χ0n) is 8.29. The third kappa shape index (κ3) is 2300. The molecule has 8 nitrogen and oxygen atoms in total. The molecule has 0 rings (SSSR count). The fraction of sp³-hybridized carbons (Fsp3) is 0. The summed E-state index contributed by atoms with van der Waals surface area (Å²) in [7, 11) is -12.7. The zero-order valence-corrected chi connectivity index (χ0v) is 12.1. The molecule has 20 heavy (non-hydrogen) atoms. The van der Waals surface area contributed by atoms with E-state index in [0.29, 0.717) is 0 Å². The van der Waals surface area contributed by atoms with Gasteiger partial charge in [0.2, 0.25) is 0 Å². The van der Waals surface area contributed by atoms with E-state index in [1.807, 2.05) is 0 Å². The quantitative estimate of drug-likeness (QED) is 0.231. The van der Waals surface area contributed by atoms with Crippen molar-refractivity contribution in [2.24, 2.45) is 0 Å². The Kier molecular flexibility index (Phi) is 106. The Balaban J connectivity index is -0.0000000150. The van der Waals surface area contributed by atoms with E-state index < -0.39 is 29.6 Å². The average molecular weight is 501 g/mol. The van der Waals surface area contributed by atoms with Gasteiger partial charge in [-0.25, -0.2) is 0 Å². The van der Waals surface area contributed by atoms with E-state index >= 15 is 0 Å². The average Bonchev–Trinajstić information content (AvgIpc) is 1.76. The molecule has 0 spiro atoms. The van der Waals surface area contributed by atoms with Gasteiger partial charge in [0.25, 0.3) is 0 Å². The minimum Gasteiger partial charge on any atom is -0.867 e. The summed E-state index contributed by atoms with van der Waals surface area (Å²) < 4.78 is 39.6. The summed E-state index contributed by atoms with van der Waals surface area (Å²) in [6, 6.07) is 0. The van der Waals surface area contributed by atoms with Crippen molar-refractivity contribution in [3.8, 4) is 0 Å². The summed E-state index contributed by atoms with van der Waals surface area (Å²) >= 11 is 0. The number of hydrogen-bond acceptors (Lipinski definition) is 8. The van der Waals surface area contributed by atoms with Crippen LogP contribution in [0.1, 0.15) is 0 Å². The van der Waals surface area contributed by atoms with Crippen LogP contribution in [0.3, 0.4) is 0 Å². The van der Waals surface area contributed by atoms with Crippen molar-refractivity contribution >= 4 is 29.6 Å². The molecule has 0 N–H and O–H groups in total. The van der Waals surface area contributed by atoms with Gasteiger partial charge in [0.05, 0.1) is 0 Å². The van der Waals surface area contributed by atoms with Crippen molar-refractivity contribution in [2.45, 2.75) is 0 Å². The van der Waals surface area contributed by atoms with Crippen LogP contribution in [0, 0.1) is 0 Å². The minimum absolute atomic E-state index is 0. The normalized spacial score (nSPS) is 5.40. The van der Waals surface area contributed by atoms with Gasteiger partial charge in [-0.15, -0.1) is 0 Å². The molecule has 0 aliphatic carbocycles. The van der Waals surface area contributed by atoms with Gasteiger partial charge in [-0.3, -0.25) is 0 Å². The van der Waals surface area contributed by atoms with Crippen molar-refractivity contribution in [1.82, 2.24) is 0 Å². The van der Waals surface area contributed by atoms with Crippen LogP contribution in [-0.2, 0) is 68.3 Å². The van der Waals surface area contributed by atoms with Crippen LogP contribution >= 0.6 is 0 Å². The molecular formula is B4Cu4F4O8. The molecule has 20 heteroatoms. The van der Waals surface area contributed by atoms with Gasteiger partial charge in [-0.1, -0.05) is 0 Å². The molecule has 0 aromatic rings. The van der Waals surface area contributed by atoms with Gasteiger partial charge in [0.15, 0.2) is 0 Å². The van der Waals surface area contributed by atoms with Crippen molar-refractivity contribution in [3.63, 3.8) is 0 Å². The third-order valence-corrected chi connectivity index (χ3v) is 0. The maximum atomic E-state index is 9.89. The summed E-state index contributed by atoms with van der Waals surface area (Å²) in [5.74, 6) is 0. The van der Waals surface area contributed by atoms with E-state index in [4.69, 9.17) is 40.2 Å². The van der Waals surface area contributed by atoms with Crippen molar-refractivity contribution in [3.05, 3.63) is 0 Å². The van der Waals surface area contributed by atoms with Crippen molar-refractivity contribution < 1.29 is 126 Å². The van der Waals surface area contributed by atoms with Crippen LogP contribution in [0.15, 0.2) is 0 Å². The van der Waals surface area contributed by atoms with E-state index in [9.17, 15) is 17.3 Å². The van der Waals surface area contributed by atoms with E-state index in [1.54, 1.807) is 0 Å². The van der Waals surface area contributed by atoms with Gasteiger partial charge >= 0.3 is 68.3 Å². The number of hydrogen-bond donors (Lipinski definition) is 0. The molecule has 132 valence electrons. The van der Waals surface area contributed by atoms with E-state index in [0.717, 1.165) is 0 Å². The molecule has 0 bridgehead atoms. The van der Waals surface area contributed by atoms with Gasteiger partial charge in [-0.2, -0.15) is 0 Å². The first-order chi connectivity index (χ1) is 6.93. The molecule has 0 saturated carbocycles. The Morgan fingerprint density at radius 2 is 0.350 bits per heavy atom. The van der Waals surface area contributed by atoms with Gasteiger partial charge in [-0.05, 0) is 0 Å². The standard InChI is InChI=1S/4BFO2.4Cu/c4*2-1(3)4;;;;/q4*-2;4*+2. The van der Waals surface area contributed by atoms with Crippen LogP contribution in [0.2, 0.25) is 0 Å². The first-order valence-electron chi connectivity index (χ1n) is 2.76. The van der Waals surface area contributed by atoms with Crippen LogP contribution in [0.25, 0.3) is 0 Å². The van der Waals surface area contributed by atoms with E-state index in [-0.39, 0.29) is 68.3 Å². The molecule has 0 aliphatic heterocycles. The van der Waals surface area contributed by atoms with Crippen LogP contribution in [0.5, 0.6) is 0 Å². The van der Waals surface area contributed by atoms with Crippen LogP contribution in [-0.4, -0.2) is 29.6 Å². The number of rotatable bonds is 0. The summed E-state index contributed by atoms with van der Waals surface area (Å²) in [5, 5.41) is 66.4. The Labute approximate surface area is 155 Å². The summed E-state index contributed by atoms with van der Waals surface area (Å²) in [6.45, 7) is 0. The smallest absolute Gasteiger partial charge is 0.867 e. The Morgan fingerprint density at radius 3 is 0.350 bits per heavy atom. The SMILES string of the molecule is [Cu+2].[Cu+2].[Cu+2].[Cu+2].[O-]B([O-])F.[O-]B([O-])F.[O-]B([O-])F.[O-]B([O-])F. The Hall–Kier alpha value is 1.74. The second-order valence-corrected chi connectivity index (χ2v) is 1.10. The topological polar surface area (TPSA) is 184 Å². The largest absolute Gasteiger partial charge is 2.00 e. The fourth-order valence-electron chi connectivity index (χ4n) is 0. The molecule has 4 radical (unpaired) electrons. The van der Waals surface area contributed by atoms with Gasteiger partial charge < -0.3 is 57.5 Å². The molecule has 0 heterocycles. The van der Waals surface area contributed by atoms with Crippen LogP contribution < -0.4 is 40.2 Å². The first-order valence-corrected chi connectivity index (χ1v) is 2.76. The van der Waals surface area contributed by atoms with E-state index in [1.165, 1.54) is 0 Å². The maximum absolute atomic E-state index is 9.89. The first kappa shape index (κ1) is 49.5. The fourth-order valence-corrected chi connectivity index (χ4v) is 0. The molecule has 0 fully saturated rings. The predicted octanol–water partition coefficient (Wildman–Crippen LogP) is -9.36. The van der Waals surface area contributed by atoms with Crippen LogP contribution in [0.4, 0.5) is 17.3 Å². The second-order valence-electron chi connectivity index (χ2n) is 1.10. The maximum Gasteiger partial charge on any atom is 2.00 e. The van der Waals surface area contributed by atoms with E-state index in [2.05, 4.69) is 0 Å². The minimum atomic E-state index is -3.17. The molecule has 0 aromatic carbocycles.